The second-order valence-corrected chi connectivity index (χ2v) is 11.1. The van der Waals surface area contributed by atoms with Crippen molar-refractivity contribution in [3.8, 4) is 5.75 Å². The van der Waals surface area contributed by atoms with Crippen molar-refractivity contribution < 1.29 is 19.4 Å². The highest BCUT2D eigenvalue weighted by molar-refractivity contribution is 7.17. The van der Waals surface area contributed by atoms with Crippen LogP contribution in [0.5, 0.6) is 5.75 Å². The van der Waals surface area contributed by atoms with E-state index in [1.54, 1.807) is 24.3 Å². The third-order valence-corrected chi connectivity index (χ3v) is 8.50. The van der Waals surface area contributed by atoms with E-state index in [-0.39, 0.29) is 25.4 Å². The van der Waals surface area contributed by atoms with Crippen LogP contribution in [-0.2, 0) is 11.5 Å². The largest absolute Gasteiger partial charge is 0.494 e. The first-order valence-corrected chi connectivity index (χ1v) is 15.2. The van der Waals surface area contributed by atoms with Crippen LogP contribution in [0.15, 0.2) is 64.8 Å². The Hall–Kier alpha value is -3.60. The number of hydrogen-bond donors (Lipinski definition) is 1. The minimum absolute atomic E-state index is 0.151. The first kappa shape index (κ1) is 28.9. The summed E-state index contributed by atoms with van der Waals surface area (Å²) in [6.45, 7) is 7.86. The van der Waals surface area contributed by atoms with Gasteiger partial charge in [-0.05, 0) is 73.5 Å². The molecule has 5 rings (SSSR count). The van der Waals surface area contributed by atoms with Gasteiger partial charge in [0.1, 0.15) is 5.75 Å². The lowest BCUT2D eigenvalue weighted by Crippen LogP contribution is -2.46. The van der Waals surface area contributed by atoms with Crippen molar-refractivity contribution in [2.24, 2.45) is 0 Å². The Morgan fingerprint density at radius 3 is 2.68 bits per heavy atom. The molecule has 0 aliphatic carbocycles. The molecule has 1 saturated heterocycles. The van der Waals surface area contributed by atoms with Gasteiger partial charge in [-0.25, -0.2) is 4.79 Å². The van der Waals surface area contributed by atoms with Crippen molar-refractivity contribution in [2.45, 2.75) is 26.5 Å². The summed E-state index contributed by atoms with van der Waals surface area (Å²) >= 11 is 1.80. The molecule has 0 atom stereocenters. The number of aliphatic hydroxyl groups is 1. The topological polar surface area (TPSA) is 87.5 Å². The number of rotatable bonds is 12. The average Bonchev–Trinajstić information content (AvgIpc) is 3.49. The lowest BCUT2D eigenvalue weighted by molar-refractivity contribution is 0.0718. The molecule has 10 heteroatoms. The van der Waals surface area contributed by atoms with Crippen molar-refractivity contribution in [3.63, 3.8) is 0 Å². The lowest BCUT2D eigenvalue weighted by Gasteiger charge is -2.36. The van der Waals surface area contributed by atoms with Crippen LogP contribution in [0.1, 0.15) is 19.8 Å². The number of ether oxygens (including phenoxy) is 2. The minimum atomic E-state index is -0.570. The molecule has 0 radical (unpaired) electrons. The van der Waals surface area contributed by atoms with Gasteiger partial charge in [-0.2, -0.15) is 0 Å². The molecule has 1 N–H and O–H groups in total. The Morgan fingerprint density at radius 2 is 1.88 bits per heavy atom. The number of aliphatic hydroxyl groups excluding tert-OH is 1. The molecule has 1 fully saturated rings. The van der Waals surface area contributed by atoms with Gasteiger partial charge in [0.2, 0.25) is 0 Å². The molecule has 218 valence electrons. The molecule has 2 aromatic heterocycles. The van der Waals surface area contributed by atoms with E-state index in [1.165, 1.54) is 31.3 Å². The Labute approximate surface area is 244 Å². The predicted octanol–water partition coefficient (Wildman–Crippen LogP) is 4.61. The molecule has 0 saturated carbocycles. The number of hydrogen-bond acceptors (Lipinski definition) is 8. The van der Waals surface area contributed by atoms with E-state index in [4.69, 9.17) is 14.6 Å². The smallest absolute Gasteiger partial charge is 0.411 e. The third-order valence-electron chi connectivity index (χ3n) is 7.61. The quantitative estimate of drug-likeness (QED) is 0.246. The van der Waals surface area contributed by atoms with Gasteiger partial charge >= 0.3 is 6.09 Å². The van der Waals surface area contributed by atoms with Crippen LogP contribution in [-0.4, -0.2) is 84.6 Å². The Balaban J connectivity index is 1.09. The first-order chi connectivity index (χ1) is 20.1. The molecular weight excluding hydrogens is 540 g/mol. The van der Waals surface area contributed by atoms with Crippen LogP contribution in [0.2, 0.25) is 0 Å². The number of carbonyl (C=O) groups is 1. The standard InChI is InChI=1S/C31H38N4O5S/c1-2-33(18-19-36)31(38)40-23-35-28-22-25(10-8-24(28)9-11-30(35)37)39-20-4-3-13-32-14-16-34(17-15-32)27-6-5-7-29-26(27)12-21-41-29/h5-12,21-22,36H,2-4,13-20,23H2,1H3. The highest BCUT2D eigenvalue weighted by Crippen LogP contribution is 2.31. The van der Waals surface area contributed by atoms with Crippen LogP contribution < -0.4 is 15.2 Å². The second-order valence-electron chi connectivity index (χ2n) is 10.2. The highest BCUT2D eigenvalue weighted by Gasteiger charge is 2.19. The van der Waals surface area contributed by atoms with E-state index < -0.39 is 6.09 Å². The van der Waals surface area contributed by atoms with E-state index >= 15 is 0 Å². The number of aromatic nitrogens is 1. The maximum atomic E-state index is 12.6. The van der Waals surface area contributed by atoms with Crippen molar-refractivity contribution >= 4 is 44.1 Å². The van der Waals surface area contributed by atoms with Crippen molar-refractivity contribution in [1.82, 2.24) is 14.4 Å². The fourth-order valence-corrected chi connectivity index (χ4v) is 6.10. The normalized spacial score (nSPS) is 14.0. The average molecular weight is 579 g/mol. The number of likely N-dealkylation sites (N-methyl/N-ethyl adjacent to an activating group) is 1. The van der Waals surface area contributed by atoms with E-state index in [2.05, 4.69) is 39.4 Å². The fraction of sp³-hybridized carbons (Fsp3) is 0.419. The number of anilines is 1. The van der Waals surface area contributed by atoms with E-state index in [9.17, 15) is 9.59 Å². The van der Waals surface area contributed by atoms with E-state index in [1.807, 2.05) is 18.2 Å². The Bertz CT molecular complexity index is 1510. The van der Waals surface area contributed by atoms with E-state index in [0.717, 1.165) is 51.0 Å². The number of unbranched alkanes of at least 4 members (excludes halogenated alkanes) is 1. The Morgan fingerprint density at radius 1 is 1.05 bits per heavy atom. The zero-order valence-electron chi connectivity index (χ0n) is 23.5. The number of carbonyl (C=O) groups excluding carboxylic acids is 1. The SMILES string of the molecule is CCN(CCO)C(=O)OCn1c(=O)ccc2ccc(OCCCCN3CCN(c4cccc5sccc45)CC3)cc21. The minimum Gasteiger partial charge on any atom is -0.494 e. The summed E-state index contributed by atoms with van der Waals surface area (Å²) < 4.78 is 14.2. The van der Waals surface area contributed by atoms with Gasteiger partial charge in [-0.15, -0.1) is 11.3 Å². The second kappa shape index (κ2) is 13.8. The number of pyridine rings is 1. The van der Waals surface area contributed by atoms with Crippen LogP contribution in [0.4, 0.5) is 10.5 Å². The van der Waals surface area contributed by atoms with Gasteiger partial charge < -0.3 is 24.4 Å². The van der Waals surface area contributed by atoms with Crippen LogP contribution in [0.25, 0.3) is 21.0 Å². The number of nitrogens with zero attached hydrogens (tertiary/aromatic N) is 4. The number of amides is 1. The monoisotopic (exact) mass is 578 g/mol. The number of benzene rings is 2. The summed E-state index contributed by atoms with van der Waals surface area (Å²) in [6.07, 6.45) is 1.42. The molecule has 9 nitrogen and oxygen atoms in total. The van der Waals surface area contributed by atoms with Crippen LogP contribution >= 0.6 is 11.3 Å². The Kier molecular flexibility index (Phi) is 9.76. The summed E-state index contributed by atoms with van der Waals surface area (Å²) in [5.74, 6) is 0.676. The summed E-state index contributed by atoms with van der Waals surface area (Å²) in [7, 11) is 0. The van der Waals surface area contributed by atoms with Crippen molar-refractivity contribution in [3.05, 3.63) is 70.3 Å². The molecule has 41 heavy (non-hydrogen) atoms. The molecule has 1 aliphatic heterocycles. The summed E-state index contributed by atoms with van der Waals surface area (Å²) in [5.41, 5.74) is 1.73. The third kappa shape index (κ3) is 7.01. The van der Waals surface area contributed by atoms with Gasteiger partial charge in [0.25, 0.3) is 5.56 Å². The van der Waals surface area contributed by atoms with Crippen molar-refractivity contribution in [2.75, 3.05) is 63.9 Å². The number of fused-ring (bicyclic) bond motifs is 2. The van der Waals surface area contributed by atoms with Crippen LogP contribution in [0, 0.1) is 0 Å². The zero-order chi connectivity index (χ0) is 28.6. The van der Waals surface area contributed by atoms with Gasteiger partial charge in [0, 0.05) is 67.2 Å². The molecule has 1 amide bonds. The maximum absolute atomic E-state index is 12.6. The van der Waals surface area contributed by atoms with Crippen LogP contribution in [0.3, 0.4) is 0 Å². The highest BCUT2D eigenvalue weighted by atomic mass is 32.1. The summed E-state index contributed by atoms with van der Waals surface area (Å²) in [4.78, 5) is 31.3. The van der Waals surface area contributed by atoms with Gasteiger partial charge in [0.05, 0.1) is 18.7 Å². The van der Waals surface area contributed by atoms with Gasteiger partial charge in [-0.3, -0.25) is 14.3 Å². The molecule has 1 aliphatic rings. The molecule has 0 bridgehead atoms. The molecule has 2 aromatic carbocycles. The first-order valence-electron chi connectivity index (χ1n) is 14.3. The molecule has 4 aromatic rings. The number of thiophene rings is 1. The number of piperazine rings is 1. The molecule has 3 heterocycles. The molecule has 0 unspecified atom stereocenters. The van der Waals surface area contributed by atoms with Gasteiger partial charge in [0.15, 0.2) is 6.73 Å². The fourth-order valence-electron chi connectivity index (χ4n) is 5.29. The predicted molar refractivity (Wildman–Crippen MR) is 164 cm³/mol. The summed E-state index contributed by atoms with van der Waals surface area (Å²) in [5, 5.41) is 13.5. The summed E-state index contributed by atoms with van der Waals surface area (Å²) in [6, 6.07) is 17.7. The maximum Gasteiger partial charge on any atom is 0.411 e. The van der Waals surface area contributed by atoms with E-state index in [0.29, 0.717) is 24.4 Å². The van der Waals surface area contributed by atoms with Crippen molar-refractivity contribution in [1.29, 1.82) is 0 Å². The molecule has 0 spiro atoms. The molecular formula is C31H38N4O5S. The van der Waals surface area contributed by atoms with Gasteiger partial charge in [-0.1, -0.05) is 6.07 Å². The lowest BCUT2D eigenvalue weighted by atomic mass is 10.2. The zero-order valence-corrected chi connectivity index (χ0v) is 24.4.